The quantitative estimate of drug-likeness (QED) is 0.713. The summed E-state index contributed by atoms with van der Waals surface area (Å²) in [5.41, 5.74) is 2.57. The molecule has 4 heteroatoms. The van der Waals surface area contributed by atoms with Gasteiger partial charge in [-0.3, -0.25) is 4.79 Å². The van der Waals surface area contributed by atoms with Gasteiger partial charge in [0.15, 0.2) is 0 Å². The number of fused-ring (bicyclic) bond motifs is 3. The summed E-state index contributed by atoms with van der Waals surface area (Å²) >= 11 is 12.3. The number of rotatable bonds is 0. The molecule has 1 aliphatic carbocycles. The molecule has 3 rings (SSSR count). The fraction of sp³-hybridized carbons (Fsp3) is 0.533. The van der Waals surface area contributed by atoms with Crippen molar-refractivity contribution in [3.8, 4) is 0 Å². The molecule has 2 atom stereocenters. The van der Waals surface area contributed by atoms with E-state index in [0.717, 1.165) is 19.3 Å². The first-order valence-electron chi connectivity index (χ1n) is 6.67. The van der Waals surface area contributed by atoms with Crippen LogP contribution in [0.4, 0.5) is 0 Å². The highest BCUT2D eigenvalue weighted by Gasteiger charge is 2.46. The van der Waals surface area contributed by atoms with Crippen LogP contribution in [-0.4, -0.2) is 23.9 Å². The lowest BCUT2D eigenvalue weighted by Gasteiger charge is -2.50. The molecular weight excluding hydrogens is 281 g/mol. The van der Waals surface area contributed by atoms with Crippen LogP contribution in [0.25, 0.3) is 0 Å². The van der Waals surface area contributed by atoms with Crippen LogP contribution in [-0.2, 0) is 16.6 Å². The second kappa shape index (κ2) is 4.39. The van der Waals surface area contributed by atoms with Crippen LogP contribution in [0.5, 0.6) is 0 Å². The Morgan fingerprint density at radius 1 is 1.26 bits per heavy atom. The molecule has 2 nitrogen and oxygen atoms in total. The Labute approximate surface area is 123 Å². The molecule has 1 saturated heterocycles. The van der Waals surface area contributed by atoms with E-state index in [9.17, 15) is 4.79 Å². The van der Waals surface area contributed by atoms with E-state index < -0.39 is 0 Å². The van der Waals surface area contributed by atoms with Crippen LogP contribution in [0.15, 0.2) is 12.1 Å². The van der Waals surface area contributed by atoms with Crippen molar-refractivity contribution in [2.75, 3.05) is 7.05 Å². The Morgan fingerprint density at radius 2 is 1.95 bits per heavy atom. The Morgan fingerprint density at radius 3 is 2.68 bits per heavy atom. The summed E-state index contributed by atoms with van der Waals surface area (Å²) in [4.78, 5) is 13.8. The molecule has 0 radical (unpaired) electrons. The first-order valence-corrected chi connectivity index (χ1v) is 7.43. The third-order valence-corrected chi connectivity index (χ3v) is 5.63. The summed E-state index contributed by atoms with van der Waals surface area (Å²) in [6.07, 6.45) is 3.47. The number of hydrogen-bond donors (Lipinski definition) is 0. The summed E-state index contributed by atoms with van der Waals surface area (Å²) in [5.74, 6) is 0.256. The smallest absolute Gasteiger partial charge is 0.222 e. The lowest BCUT2D eigenvalue weighted by Crippen LogP contribution is -2.56. The lowest BCUT2D eigenvalue weighted by molar-refractivity contribution is -0.138. The van der Waals surface area contributed by atoms with Crippen molar-refractivity contribution in [1.29, 1.82) is 0 Å². The first kappa shape index (κ1) is 13.3. The molecule has 19 heavy (non-hydrogen) atoms. The zero-order valence-electron chi connectivity index (χ0n) is 11.2. The Bertz CT molecular complexity index is 557. The topological polar surface area (TPSA) is 20.3 Å². The van der Waals surface area contributed by atoms with Crippen LogP contribution in [0.2, 0.25) is 10.0 Å². The van der Waals surface area contributed by atoms with Crippen LogP contribution in [0.1, 0.15) is 37.3 Å². The summed E-state index contributed by atoms with van der Waals surface area (Å²) in [6.45, 7) is 2.25. The maximum absolute atomic E-state index is 11.9. The highest BCUT2D eigenvalue weighted by atomic mass is 35.5. The second-order valence-electron chi connectivity index (χ2n) is 5.90. The second-order valence-corrected chi connectivity index (χ2v) is 6.71. The average Bonchev–Trinajstić information content (AvgIpc) is 2.37. The SMILES string of the molecule is CN1C(=O)CC[C@]2(C)c3cc(Cl)c(Cl)cc3CC[C@@H]12. The highest BCUT2D eigenvalue weighted by Crippen LogP contribution is 2.47. The fourth-order valence-electron chi connectivity index (χ4n) is 3.76. The van der Waals surface area contributed by atoms with E-state index in [2.05, 4.69) is 6.92 Å². The number of halogens is 2. The number of likely N-dealkylation sites (N-methyl/N-ethyl adjacent to an activating group) is 1. The van der Waals surface area contributed by atoms with Gasteiger partial charge < -0.3 is 4.90 Å². The minimum Gasteiger partial charge on any atom is -0.342 e. The van der Waals surface area contributed by atoms with E-state index in [1.807, 2.05) is 24.1 Å². The molecular formula is C15H17Cl2NO. The minimum absolute atomic E-state index is 0.00444. The maximum Gasteiger partial charge on any atom is 0.222 e. The molecule has 1 aromatic rings. The van der Waals surface area contributed by atoms with Crippen molar-refractivity contribution >= 4 is 29.1 Å². The third-order valence-electron chi connectivity index (χ3n) is 4.90. The summed E-state index contributed by atoms with van der Waals surface area (Å²) < 4.78 is 0. The molecule has 102 valence electrons. The number of amides is 1. The van der Waals surface area contributed by atoms with Gasteiger partial charge in [-0.2, -0.15) is 0 Å². The van der Waals surface area contributed by atoms with Crippen molar-refractivity contribution < 1.29 is 4.79 Å². The minimum atomic E-state index is 0.00444. The predicted octanol–water partition coefficient (Wildman–Crippen LogP) is 3.82. The number of carbonyl (C=O) groups excluding carboxylic acids is 1. The van der Waals surface area contributed by atoms with E-state index in [-0.39, 0.29) is 17.4 Å². The van der Waals surface area contributed by atoms with Crippen LogP contribution in [0.3, 0.4) is 0 Å². The van der Waals surface area contributed by atoms with Crippen LogP contribution >= 0.6 is 23.2 Å². The molecule has 0 saturated carbocycles. The van der Waals surface area contributed by atoms with E-state index in [1.54, 1.807) is 0 Å². The lowest BCUT2D eigenvalue weighted by atomic mass is 9.63. The molecule has 1 heterocycles. The molecule has 0 bridgehead atoms. The number of piperidine rings is 1. The van der Waals surface area contributed by atoms with Gasteiger partial charge in [-0.05, 0) is 42.5 Å². The van der Waals surface area contributed by atoms with Gasteiger partial charge in [0.25, 0.3) is 0 Å². The van der Waals surface area contributed by atoms with Crippen LogP contribution < -0.4 is 0 Å². The van der Waals surface area contributed by atoms with Crippen molar-refractivity contribution in [3.63, 3.8) is 0 Å². The highest BCUT2D eigenvalue weighted by molar-refractivity contribution is 6.42. The Balaban J connectivity index is 2.12. The summed E-state index contributed by atoms with van der Waals surface area (Å²) in [7, 11) is 1.92. The number of hydrogen-bond acceptors (Lipinski definition) is 1. The molecule has 1 aliphatic heterocycles. The Kier molecular flexibility index (Phi) is 3.06. The van der Waals surface area contributed by atoms with Crippen molar-refractivity contribution in [2.24, 2.45) is 0 Å². The molecule has 0 spiro atoms. The van der Waals surface area contributed by atoms with Gasteiger partial charge in [-0.1, -0.05) is 30.1 Å². The summed E-state index contributed by atoms with van der Waals surface area (Å²) in [6, 6.07) is 4.28. The van der Waals surface area contributed by atoms with Gasteiger partial charge in [-0.15, -0.1) is 0 Å². The molecule has 2 aliphatic rings. The zero-order chi connectivity index (χ0) is 13.8. The third kappa shape index (κ3) is 1.88. The number of benzene rings is 1. The predicted molar refractivity (Wildman–Crippen MR) is 77.9 cm³/mol. The van der Waals surface area contributed by atoms with E-state index in [1.165, 1.54) is 11.1 Å². The van der Waals surface area contributed by atoms with Gasteiger partial charge in [0, 0.05) is 24.9 Å². The van der Waals surface area contributed by atoms with E-state index in [0.29, 0.717) is 16.5 Å². The number of aryl methyl sites for hydroxylation is 1. The normalized spacial score (nSPS) is 30.0. The molecule has 0 N–H and O–H groups in total. The van der Waals surface area contributed by atoms with Gasteiger partial charge >= 0.3 is 0 Å². The molecule has 0 aromatic heterocycles. The molecule has 1 aromatic carbocycles. The fourth-order valence-corrected chi connectivity index (χ4v) is 4.11. The molecule has 1 fully saturated rings. The summed E-state index contributed by atoms with van der Waals surface area (Å²) in [5, 5.41) is 1.24. The monoisotopic (exact) mass is 297 g/mol. The molecule has 0 unspecified atom stereocenters. The average molecular weight is 298 g/mol. The largest absolute Gasteiger partial charge is 0.342 e. The Hall–Kier alpha value is -0.730. The van der Waals surface area contributed by atoms with Crippen LogP contribution in [0, 0.1) is 0 Å². The van der Waals surface area contributed by atoms with E-state index in [4.69, 9.17) is 23.2 Å². The van der Waals surface area contributed by atoms with Gasteiger partial charge in [-0.25, -0.2) is 0 Å². The first-order chi connectivity index (χ1) is 8.93. The standard InChI is InChI=1S/C15H17Cl2NO/c1-15-6-5-14(19)18(2)13(15)4-3-9-7-11(16)12(17)8-10(9)15/h7-8,13H,3-6H2,1-2H3/t13-,15-/m1/s1. The van der Waals surface area contributed by atoms with E-state index >= 15 is 0 Å². The number of likely N-dealkylation sites (tertiary alicyclic amines) is 1. The van der Waals surface area contributed by atoms with Gasteiger partial charge in [0.2, 0.25) is 5.91 Å². The van der Waals surface area contributed by atoms with Gasteiger partial charge in [0.1, 0.15) is 0 Å². The number of nitrogens with zero attached hydrogens (tertiary/aromatic N) is 1. The molecule has 1 amide bonds. The van der Waals surface area contributed by atoms with Crippen molar-refractivity contribution in [1.82, 2.24) is 4.90 Å². The van der Waals surface area contributed by atoms with Crippen molar-refractivity contribution in [3.05, 3.63) is 33.3 Å². The number of carbonyl (C=O) groups is 1. The van der Waals surface area contributed by atoms with Gasteiger partial charge in [0.05, 0.1) is 10.0 Å². The zero-order valence-corrected chi connectivity index (χ0v) is 12.7. The maximum atomic E-state index is 11.9. The van der Waals surface area contributed by atoms with Crippen molar-refractivity contribution in [2.45, 2.75) is 44.1 Å².